The molecule has 1 rings (SSSR count). The van der Waals surface area contributed by atoms with Crippen molar-refractivity contribution in [3.05, 3.63) is 6.73 Å². The molecule has 0 aromatic carbocycles. The number of hydrogen-bond acceptors (Lipinski definition) is 3. The van der Waals surface area contributed by atoms with Gasteiger partial charge in [0.1, 0.15) is 6.73 Å². The summed E-state index contributed by atoms with van der Waals surface area (Å²) in [6.45, 7) is 6.04. The molecular weight excluding hydrogens is 116 g/mol. The number of nitrogens with one attached hydrogen (secondary N) is 1. The van der Waals surface area contributed by atoms with E-state index in [1.165, 1.54) is 0 Å². The summed E-state index contributed by atoms with van der Waals surface area (Å²) in [5.74, 6) is 0. The van der Waals surface area contributed by atoms with Crippen LogP contribution in [0.15, 0.2) is 0 Å². The maximum atomic E-state index is 4.85. The first-order chi connectivity index (χ1) is 4.43. The largest absolute Gasteiger partial charge is 0.362 e. The molecule has 9 heavy (non-hydrogen) atoms. The van der Waals surface area contributed by atoms with Crippen molar-refractivity contribution in [1.29, 1.82) is 0 Å². The average Bonchev–Trinajstić information content (AvgIpc) is 1.91. The van der Waals surface area contributed by atoms with Crippen molar-refractivity contribution in [3.8, 4) is 0 Å². The standard InChI is InChI=1S/C6H13N2O/c1-9-6-8-4-2-7-3-5-8/h6-7H,2-5H2,1H3. The number of rotatable bonds is 2. The average molecular weight is 129 g/mol. The second-order valence-corrected chi connectivity index (χ2v) is 2.13. The van der Waals surface area contributed by atoms with Crippen LogP contribution in [-0.2, 0) is 4.74 Å². The van der Waals surface area contributed by atoms with Crippen LogP contribution in [0.25, 0.3) is 0 Å². The van der Waals surface area contributed by atoms with E-state index in [9.17, 15) is 0 Å². The third-order valence-electron chi connectivity index (χ3n) is 1.41. The maximum absolute atomic E-state index is 4.85. The van der Waals surface area contributed by atoms with E-state index in [0.29, 0.717) is 0 Å². The van der Waals surface area contributed by atoms with Crippen molar-refractivity contribution in [2.45, 2.75) is 0 Å². The Kier molecular flexibility index (Phi) is 2.97. The van der Waals surface area contributed by atoms with Gasteiger partial charge in [0.15, 0.2) is 0 Å². The topological polar surface area (TPSA) is 24.5 Å². The minimum absolute atomic E-state index is 1.06. The quantitative estimate of drug-likeness (QED) is 0.552. The molecule has 3 heteroatoms. The van der Waals surface area contributed by atoms with E-state index < -0.39 is 0 Å². The molecule has 0 unspecified atom stereocenters. The minimum Gasteiger partial charge on any atom is -0.362 e. The highest BCUT2D eigenvalue weighted by Crippen LogP contribution is 1.94. The Hall–Kier alpha value is -0.120. The third kappa shape index (κ3) is 2.30. The van der Waals surface area contributed by atoms with Crippen LogP contribution in [0.2, 0.25) is 0 Å². The summed E-state index contributed by atoms with van der Waals surface area (Å²) in [5.41, 5.74) is 0. The smallest absolute Gasteiger partial charge is 0.150 e. The molecule has 1 aliphatic heterocycles. The Bertz CT molecular complexity index is 68.7. The van der Waals surface area contributed by atoms with Crippen molar-refractivity contribution in [1.82, 2.24) is 10.2 Å². The highest BCUT2D eigenvalue weighted by atomic mass is 16.5. The monoisotopic (exact) mass is 129 g/mol. The first kappa shape index (κ1) is 6.99. The maximum Gasteiger partial charge on any atom is 0.150 e. The van der Waals surface area contributed by atoms with Gasteiger partial charge in [0.25, 0.3) is 0 Å². The molecule has 1 saturated heterocycles. The normalized spacial score (nSPS) is 22.3. The van der Waals surface area contributed by atoms with Gasteiger partial charge in [-0.05, 0) is 0 Å². The van der Waals surface area contributed by atoms with Gasteiger partial charge < -0.3 is 10.1 Å². The van der Waals surface area contributed by atoms with Gasteiger partial charge in [-0.2, -0.15) is 0 Å². The zero-order valence-electron chi connectivity index (χ0n) is 5.76. The van der Waals surface area contributed by atoms with Gasteiger partial charge in [-0.25, -0.2) is 0 Å². The first-order valence-corrected chi connectivity index (χ1v) is 3.24. The lowest BCUT2D eigenvalue weighted by Crippen LogP contribution is -2.42. The van der Waals surface area contributed by atoms with Gasteiger partial charge in [-0.1, -0.05) is 0 Å². The van der Waals surface area contributed by atoms with Crippen LogP contribution in [-0.4, -0.2) is 38.2 Å². The highest BCUT2D eigenvalue weighted by Gasteiger charge is 2.07. The van der Waals surface area contributed by atoms with E-state index in [1.807, 2.05) is 0 Å². The van der Waals surface area contributed by atoms with E-state index in [-0.39, 0.29) is 0 Å². The minimum atomic E-state index is 1.06. The van der Waals surface area contributed by atoms with Crippen molar-refractivity contribution in [3.63, 3.8) is 0 Å². The van der Waals surface area contributed by atoms with E-state index >= 15 is 0 Å². The predicted molar refractivity (Wildman–Crippen MR) is 35.8 cm³/mol. The van der Waals surface area contributed by atoms with Gasteiger partial charge in [-0.3, -0.25) is 4.90 Å². The molecule has 0 aliphatic carbocycles. The fourth-order valence-electron chi connectivity index (χ4n) is 0.937. The van der Waals surface area contributed by atoms with Crippen molar-refractivity contribution >= 4 is 0 Å². The third-order valence-corrected chi connectivity index (χ3v) is 1.41. The molecular formula is C6H13N2O. The summed E-state index contributed by atoms with van der Waals surface area (Å²) in [4.78, 5) is 2.16. The second kappa shape index (κ2) is 3.82. The summed E-state index contributed by atoms with van der Waals surface area (Å²) in [5, 5.41) is 3.26. The van der Waals surface area contributed by atoms with Crippen molar-refractivity contribution in [2.24, 2.45) is 0 Å². The number of ether oxygens (including phenoxy) is 1. The van der Waals surface area contributed by atoms with E-state index in [4.69, 9.17) is 4.74 Å². The molecule has 0 saturated carbocycles. The molecule has 0 aromatic rings. The molecule has 1 fully saturated rings. The summed E-state index contributed by atoms with van der Waals surface area (Å²) in [6, 6.07) is 0. The molecule has 0 bridgehead atoms. The number of hydrogen-bond donors (Lipinski definition) is 1. The van der Waals surface area contributed by atoms with E-state index in [1.54, 1.807) is 13.8 Å². The van der Waals surface area contributed by atoms with Crippen LogP contribution in [0, 0.1) is 6.73 Å². The van der Waals surface area contributed by atoms with Gasteiger partial charge in [0.2, 0.25) is 0 Å². The molecule has 0 atom stereocenters. The zero-order valence-corrected chi connectivity index (χ0v) is 5.76. The lowest BCUT2D eigenvalue weighted by atomic mass is 10.4. The lowest BCUT2D eigenvalue weighted by Gasteiger charge is -2.25. The van der Waals surface area contributed by atoms with Crippen LogP contribution in [0.1, 0.15) is 0 Å². The van der Waals surface area contributed by atoms with Crippen molar-refractivity contribution < 1.29 is 4.74 Å². The fraction of sp³-hybridized carbons (Fsp3) is 0.833. The van der Waals surface area contributed by atoms with E-state index in [0.717, 1.165) is 26.2 Å². The lowest BCUT2D eigenvalue weighted by molar-refractivity contribution is 0.128. The fourth-order valence-corrected chi connectivity index (χ4v) is 0.937. The number of piperazine rings is 1. The van der Waals surface area contributed by atoms with Crippen LogP contribution < -0.4 is 5.32 Å². The van der Waals surface area contributed by atoms with Gasteiger partial charge >= 0.3 is 0 Å². The van der Waals surface area contributed by atoms with Crippen molar-refractivity contribution in [2.75, 3.05) is 33.3 Å². The molecule has 0 spiro atoms. The second-order valence-electron chi connectivity index (χ2n) is 2.13. The first-order valence-electron chi connectivity index (χ1n) is 3.24. The van der Waals surface area contributed by atoms with Crippen LogP contribution >= 0.6 is 0 Å². The molecule has 0 aromatic heterocycles. The Balaban J connectivity index is 2.08. The summed E-state index contributed by atoms with van der Waals surface area (Å²) in [7, 11) is 1.68. The van der Waals surface area contributed by atoms with Crippen LogP contribution in [0.3, 0.4) is 0 Å². The number of methoxy groups -OCH3 is 1. The highest BCUT2D eigenvalue weighted by molar-refractivity contribution is 4.68. The molecule has 0 amide bonds. The molecule has 53 valence electrons. The SMILES string of the molecule is CO[CH]N1CCNCC1. The van der Waals surface area contributed by atoms with Gasteiger partial charge in [0, 0.05) is 33.3 Å². The molecule has 1 N–H and O–H groups in total. The predicted octanol–water partition coefficient (Wildman–Crippen LogP) is -0.343. The molecule has 1 radical (unpaired) electrons. The Morgan fingerprint density at radius 1 is 1.44 bits per heavy atom. The summed E-state index contributed by atoms with van der Waals surface area (Å²) >= 11 is 0. The Labute approximate surface area is 56.0 Å². The Morgan fingerprint density at radius 2 is 2.11 bits per heavy atom. The number of nitrogens with zero attached hydrogens (tertiary/aromatic N) is 1. The summed E-state index contributed by atoms with van der Waals surface area (Å²) in [6.07, 6.45) is 0. The van der Waals surface area contributed by atoms with Gasteiger partial charge in [0.05, 0.1) is 0 Å². The molecule has 1 aliphatic rings. The van der Waals surface area contributed by atoms with Gasteiger partial charge in [-0.15, -0.1) is 0 Å². The van der Waals surface area contributed by atoms with Crippen LogP contribution in [0.5, 0.6) is 0 Å². The van der Waals surface area contributed by atoms with E-state index in [2.05, 4.69) is 10.2 Å². The zero-order chi connectivity index (χ0) is 6.53. The van der Waals surface area contributed by atoms with Crippen LogP contribution in [0.4, 0.5) is 0 Å². The molecule has 1 heterocycles. The summed E-state index contributed by atoms with van der Waals surface area (Å²) < 4.78 is 4.85. The molecule has 3 nitrogen and oxygen atoms in total. The Morgan fingerprint density at radius 3 is 2.67 bits per heavy atom.